The van der Waals surface area contributed by atoms with E-state index < -0.39 is 0 Å². The first-order chi connectivity index (χ1) is 13.4. The van der Waals surface area contributed by atoms with Crippen LogP contribution in [0, 0.1) is 0 Å². The van der Waals surface area contributed by atoms with Crippen LogP contribution in [0.5, 0.6) is 11.5 Å². The maximum absolute atomic E-state index is 13.1. The molecule has 3 aromatic rings. The maximum atomic E-state index is 13.1. The van der Waals surface area contributed by atoms with Crippen LogP contribution in [-0.2, 0) is 0 Å². The van der Waals surface area contributed by atoms with Crippen molar-refractivity contribution in [2.24, 2.45) is 5.10 Å². The van der Waals surface area contributed by atoms with Crippen molar-refractivity contribution in [3.05, 3.63) is 62.6 Å². The Kier molecular flexibility index (Phi) is 6.14. The maximum Gasteiger partial charge on any atom is 0.282 e. The highest BCUT2D eigenvalue weighted by Gasteiger charge is 2.15. The number of benzene rings is 2. The zero-order valence-corrected chi connectivity index (χ0v) is 17.6. The molecule has 6 nitrogen and oxygen atoms in total. The van der Waals surface area contributed by atoms with Crippen LogP contribution in [0.3, 0.4) is 0 Å². The molecule has 0 amide bonds. The van der Waals surface area contributed by atoms with E-state index in [1.165, 1.54) is 4.68 Å². The number of phenolic OH excluding ortho intramolecular Hbond substituents is 1. The summed E-state index contributed by atoms with van der Waals surface area (Å²) in [6, 6.07) is 10.4. The van der Waals surface area contributed by atoms with Gasteiger partial charge in [-0.2, -0.15) is 9.78 Å². The largest absolute Gasteiger partial charge is 0.504 e. The number of phenols is 1. The van der Waals surface area contributed by atoms with Gasteiger partial charge in [0.15, 0.2) is 11.5 Å². The summed E-state index contributed by atoms with van der Waals surface area (Å²) in [5, 5.41) is 14.8. The first-order valence-corrected chi connectivity index (χ1v) is 9.96. The molecule has 28 heavy (non-hydrogen) atoms. The molecule has 0 bridgehead atoms. The molecule has 1 atom stereocenters. The fraction of sp³-hybridized carbons (Fsp3) is 0.286. The highest BCUT2D eigenvalue weighted by molar-refractivity contribution is 9.10. The van der Waals surface area contributed by atoms with Crippen LogP contribution in [0.1, 0.15) is 44.5 Å². The molecule has 0 unspecified atom stereocenters. The summed E-state index contributed by atoms with van der Waals surface area (Å²) in [6.07, 6.45) is 2.40. The van der Waals surface area contributed by atoms with E-state index >= 15 is 0 Å². The number of halogens is 1. The van der Waals surface area contributed by atoms with E-state index in [4.69, 9.17) is 4.74 Å². The van der Waals surface area contributed by atoms with Crippen LogP contribution in [-0.4, -0.2) is 27.6 Å². The Hall–Kier alpha value is -2.67. The second-order valence-corrected chi connectivity index (χ2v) is 7.38. The molecule has 2 aromatic carbocycles. The quantitative estimate of drug-likeness (QED) is 0.562. The van der Waals surface area contributed by atoms with Crippen LogP contribution in [0.2, 0.25) is 0 Å². The van der Waals surface area contributed by atoms with Gasteiger partial charge in [0.1, 0.15) is 5.82 Å². The van der Waals surface area contributed by atoms with Crippen molar-refractivity contribution < 1.29 is 9.84 Å². The fourth-order valence-corrected chi connectivity index (χ4v) is 3.15. The van der Waals surface area contributed by atoms with Gasteiger partial charge in [0.05, 0.1) is 23.7 Å². The number of fused-ring (bicyclic) bond motifs is 1. The first-order valence-electron chi connectivity index (χ1n) is 9.17. The summed E-state index contributed by atoms with van der Waals surface area (Å²) in [5.74, 6) is 1.12. The van der Waals surface area contributed by atoms with Gasteiger partial charge in [-0.05, 0) is 55.3 Å². The van der Waals surface area contributed by atoms with Crippen molar-refractivity contribution in [3.63, 3.8) is 0 Å². The third kappa shape index (κ3) is 4.09. The lowest BCUT2D eigenvalue weighted by Crippen LogP contribution is -2.23. The predicted molar refractivity (Wildman–Crippen MR) is 115 cm³/mol. The van der Waals surface area contributed by atoms with Gasteiger partial charge in [0.25, 0.3) is 5.56 Å². The van der Waals surface area contributed by atoms with Gasteiger partial charge >= 0.3 is 0 Å². The Morgan fingerprint density at radius 1 is 1.29 bits per heavy atom. The van der Waals surface area contributed by atoms with Gasteiger partial charge in [-0.1, -0.05) is 29.8 Å². The summed E-state index contributed by atoms with van der Waals surface area (Å²) in [6.45, 7) is 6.35. The van der Waals surface area contributed by atoms with Gasteiger partial charge in [-0.3, -0.25) is 4.79 Å². The number of hydrogen-bond acceptors (Lipinski definition) is 5. The summed E-state index contributed by atoms with van der Waals surface area (Å²) < 4.78 is 7.57. The zero-order chi connectivity index (χ0) is 20.3. The van der Waals surface area contributed by atoms with E-state index in [0.29, 0.717) is 34.6 Å². The van der Waals surface area contributed by atoms with Crippen molar-refractivity contribution in [2.45, 2.75) is 33.1 Å². The van der Waals surface area contributed by atoms with Gasteiger partial charge in [-0.25, -0.2) is 4.98 Å². The number of rotatable bonds is 6. The Morgan fingerprint density at radius 3 is 2.79 bits per heavy atom. The van der Waals surface area contributed by atoms with Crippen LogP contribution in [0.15, 0.2) is 50.8 Å². The van der Waals surface area contributed by atoms with E-state index in [9.17, 15) is 9.90 Å². The third-order valence-electron chi connectivity index (χ3n) is 4.49. The smallest absolute Gasteiger partial charge is 0.282 e. The van der Waals surface area contributed by atoms with Crippen LogP contribution >= 0.6 is 15.9 Å². The number of hydrogen-bond donors (Lipinski definition) is 1. The Labute approximate surface area is 171 Å². The predicted octanol–water partition coefficient (Wildman–Crippen LogP) is 4.66. The van der Waals surface area contributed by atoms with E-state index in [2.05, 4.69) is 26.0 Å². The first kappa shape index (κ1) is 20.1. The van der Waals surface area contributed by atoms with Crippen LogP contribution < -0.4 is 10.3 Å². The SMILES string of the molecule is CCOc1cc(C=Nn2c([C@H](C)CC)nc3ccc(Br)cc3c2=O)ccc1O. The van der Waals surface area contributed by atoms with Crippen molar-refractivity contribution in [1.82, 2.24) is 9.66 Å². The van der Waals surface area contributed by atoms with E-state index in [1.807, 2.05) is 32.9 Å². The van der Waals surface area contributed by atoms with Crippen LogP contribution in [0.25, 0.3) is 10.9 Å². The standard InChI is InChI=1S/C21H22BrN3O3/c1-4-13(3)20-24-17-8-7-15(22)11-16(17)21(27)25(20)23-12-14-6-9-18(26)19(10-14)28-5-2/h6-13,26H,4-5H2,1-3H3/t13-/m1/s1. The zero-order valence-electron chi connectivity index (χ0n) is 16.0. The topological polar surface area (TPSA) is 76.7 Å². The fourth-order valence-electron chi connectivity index (χ4n) is 2.79. The minimum absolute atomic E-state index is 0.0636. The molecule has 0 radical (unpaired) electrons. The van der Waals surface area contributed by atoms with Gasteiger partial charge in [-0.15, -0.1) is 0 Å². The van der Waals surface area contributed by atoms with E-state index in [1.54, 1.807) is 30.5 Å². The van der Waals surface area contributed by atoms with Crippen LogP contribution in [0.4, 0.5) is 0 Å². The lowest BCUT2D eigenvalue weighted by molar-refractivity contribution is 0.318. The number of aromatic hydroxyl groups is 1. The molecule has 0 saturated carbocycles. The Morgan fingerprint density at radius 2 is 2.07 bits per heavy atom. The van der Waals surface area contributed by atoms with Gasteiger partial charge in [0, 0.05) is 10.4 Å². The number of nitrogens with zero attached hydrogens (tertiary/aromatic N) is 3. The lowest BCUT2D eigenvalue weighted by Gasteiger charge is -2.14. The lowest BCUT2D eigenvalue weighted by atomic mass is 10.1. The average molecular weight is 444 g/mol. The summed E-state index contributed by atoms with van der Waals surface area (Å²) in [5.41, 5.74) is 1.14. The molecule has 0 fully saturated rings. The summed E-state index contributed by atoms with van der Waals surface area (Å²) in [7, 11) is 0. The number of ether oxygens (including phenoxy) is 1. The molecule has 7 heteroatoms. The Balaban J connectivity index is 2.13. The second-order valence-electron chi connectivity index (χ2n) is 6.46. The Bertz CT molecular complexity index is 1090. The summed E-state index contributed by atoms with van der Waals surface area (Å²) in [4.78, 5) is 17.8. The second kappa shape index (κ2) is 8.56. The monoisotopic (exact) mass is 443 g/mol. The highest BCUT2D eigenvalue weighted by atomic mass is 79.9. The minimum atomic E-state index is -0.221. The molecule has 0 aliphatic heterocycles. The molecular weight excluding hydrogens is 422 g/mol. The van der Waals surface area contributed by atoms with Crippen molar-refractivity contribution in [1.29, 1.82) is 0 Å². The molecule has 0 saturated heterocycles. The molecule has 0 aliphatic rings. The molecular formula is C21H22BrN3O3. The average Bonchev–Trinajstić information content (AvgIpc) is 2.69. The van der Waals surface area contributed by atoms with Crippen molar-refractivity contribution in [3.8, 4) is 11.5 Å². The molecule has 0 aliphatic carbocycles. The highest BCUT2D eigenvalue weighted by Crippen LogP contribution is 2.26. The summed E-state index contributed by atoms with van der Waals surface area (Å²) >= 11 is 3.41. The van der Waals surface area contributed by atoms with Gasteiger partial charge < -0.3 is 9.84 Å². The van der Waals surface area contributed by atoms with Crippen molar-refractivity contribution in [2.75, 3.05) is 6.61 Å². The van der Waals surface area contributed by atoms with Crippen molar-refractivity contribution >= 4 is 33.0 Å². The number of aromatic nitrogens is 2. The molecule has 1 aromatic heterocycles. The normalized spacial score (nSPS) is 12.6. The molecule has 1 heterocycles. The molecule has 1 N–H and O–H groups in total. The molecule has 3 rings (SSSR count). The third-order valence-corrected chi connectivity index (χ3v) is 4.99. The van der Waals surface area contributed by atoms with E-state index in [0.717, 1.165) is 10.9 Å². The van der Waals surface area contributed by atoms with Gasteiger partial charge in [0.2, 0.25) is 0 Å². The minimum Gasteiger partial charge on any atom is -0.504 e. The van der Waals surface area contributed by atoms with E-state index in [-0.39, 0.29) is 17.2 Å². The molecule has 146 valence electrons. The molecule has 0 spiro atoms.